The van der Waals surface area contributed by atoms with Crippen molar-refractivity contribution in [1.29, 1.82) is 0 Å². The minimum atomic E-state index is -0.227. The van der Waals surface area contributed by atoms with Crippen molar-refractivity contribution in [2.45, 2.75) is 27.2 Å². The molecule has 0 saturated heterocycles. The SMILES string of the molecule is C=Cc1ccc(Nc2cc(NCCc3c(C)[nH]c4c(F)ccc(C)c34)nc(C)n2)nc1C=C. The molecule has 4 aromatic rings. The second kappa shape index (κ2) is 9.24. The molecule has 0 radical (unpaired) electrons. The Kier molecular flexibility index (Phi) is 6.22. The second-order valence-corrected chi connectivity index (χ2v) is 7.91. The molecule has 7 heteroatoms. The normalized spacial score (nSPS) is 10.9. The maximum Gasteiger partial charge on any atom is 0.147 e. The van der Waals surface area contributed by atoms with E-state index >= 15 is 0 Å². The van der Waals surface area contributed by atoms with Crippen LogP contribution in [-0.4, -0.2) is 26.5 Å². The van der Waals surface area contributed by atoms with Crippen LogP contribution in [0.2, 0.25) is 0 Å². The third-order valence-corrected chi connectivity index (χ3v) is 5.58. The van der Waals surface area contributed by atoms with E-state index in [0.717, 1.165) is 39.9 Å². The molecule has 4 rings (SSSR count). The molecule has 33 heavy (non-hydrogen) atoms. The van der Waals surface area contributed by atoms with E-state index < -0.39 is 0 Å². The van der Waals surface area contributed by atoms with Crippen LogP contribution in [0.1, 0.15) is 33.9 Å². The van der Waals surface area contributed by atoms with E-state index in [0.29, 0.717) is 35.3 Å². The maximum atomic E-state index is 14.2. The Morgan fingerprint density at radius 3 is 2.52 bits per heavy atom. The maximum absolute atomic E-state index is 14.2. The van der Waals surface area contributed by atoms with Crippen LogP contribution in [0.4, 0.5) is 21.8 Å². The van der Waals surface area contributed by atoms with Crippen LogP contribution in [0.3, 0.4) is 0 Å². The van der Waals surface area contributed by atoms with E-state index in [-0.39, 0.29) is 5.82 Å². The average Bonchev–Trinajstić information content (AvgIpc) is 3.13. The lowest BCUT2D eigenvalue weighted by atomic mass is 10.0. The highest BCUT2D eigenvalue weighted by molar-refractivity contribution is 5.88. The van der Waals surface area contributed by atoms with Gasteiger partial charge in [-0.3, -0.25) is 0 Å². The summed E-state index contributed by atoms with van der Waals surface area (Å²) in [6.07, 6.45) is 4.17. The lowest BCUT2D eigenvalue weighted by Gasteiger charge is -2.11. The van der Waals surface area contributed by atoms with Gasteiger partial charge in [0.25, 0.3) is 0 Å². The van der Waals surface area contributed by atoms with Crippen molar-refractivity contribution in [3.63, 3.8) is 0 Å². The molecule has 0 saturated carbocycles. The van der Waals surface area contributed by atoms with E-state index in [1.807, 2.05) is 45.0 Å². The van der Waals surface area contributed by atoms with Gasteiger partial charge in [-0.1, -0.05) is 25.3 Å². The minimum Gasteiger partial charge on any atom is -0.370 e. The molecule has 0 atom stereocenters. The molecule has 3 aromatic heterocycles. The van der Waals surface area contributed by atoms with Crippen LogP contribution >= 0.6 is 0 Å². The Morgan fingerprint density at radius 1 is 0.970 bits per heavy atom. The summed E-state index contributed by atoms with van der Waals surface area (Å²) in [5.74, 6) is 2.41. The third kappa shape index (κ3) is 4.62. The summed E-state index contributed by atoms with van der Waals surface area (Å²) in [5.41, 5.74) is 5.39. The summed E-state index contributed by atoms with van der Waals surface area (Å²) >= 11 is 0. The number of aryl methyl sites for hydroxylation is 3. The van der Waals surface area contributed by atoms with Gasteiger partial charge in [0.15, 0.2) is 0 Å². The van der Waals surface area contributed by atoms with E-state index in [4.69, 9.17) is 0 Å². The molecular formula is C26H27FN6. The van der Waals surface area contributed by atoms with Crippen LogP contribution in [0.15, 0.2) is 43.5 Å². The van der Waals surface area contributed by atoms with Gasteiger partial charge in [-0.05, 0) is 68.2 Å². The Bertz CT molecular complexity index is 1350. The topological polar surface area (TPSA) is 78.5 Å². The summed E-state index contributed by atoms with van der Waals surface area (Å²) in [6.45, 7) is 14.1. The summed E-state index contributed by atoms with van der Waals surface area (Å²) in [5, 5.41) is 7.56. The monoisotopic (exact) mass is 442 g/mol. The van der Waals surface area contributed by atoms with Gasteiger partial charge >= 0.3 is 0 Å². The van der Waals surface area contributed by atoms with Gasteiger partial charge in [0, 0.05) is 23.7 Å². The van der Waals surface area contributed by atoms with Crippen molar-refractivity contribution in [2.75, 3.05) is 17.2 Å². The third-order valence-electron chi connectivity index (χ3n) is 5.58. The van der Waals surface area contributed by atoms with E-state index in [1.165, 1.54) is 6.07 Å². The first-order valence-corrected chi connectivity index (χ1v) is 10.8. The van der Waals surface area contributed by atoms with Crippen LogP contribution < -0.4 is 10.6 Å². The van der Waals surface area contributed by atoms with Crippen LogP contribution in [0, 0.1) is 26.6 Å². The Hall–Kier alpha value is -4.00. The summed E-state index contributed by atoms with van der Waals surface area (Å²) in [7, 11) is 0. The van der Waals surface area contributed by atoms with Crippen molar-refractivity contribution < 1.29 is 4.39 Å². The molecule has 1 aromatic carbocycles. The van der Waals surface area contributed by atoms with Gasteiger partial charge < -0.3 is 15.6 Å². The van der Waals surface area contributed by atoms with Crippen molar-refractivity contribution in [2.24, 2.45) is 0 Å². The van der Waals surface area contributed by atoms with Crippen molar-refractivity contribution >= 4 is 40.5 Å². The predicted octanol–water partition coefficient (Wildman–Crippen LogP) is 6.10. The molecular weight excluding hydrogens is 415 g/mol. The quantitative estimate of drug-likeness (QED) is 0.307. The summed E-state index contributed by atoms with van der Waals surface area (Å²) in [6, 6.07) is 8.97. The molecule has 168 valence electrons. The predicted molar refractivity (Wildman–Crippen MR) is 134 cm³/mol. The smallest absolute Gasteiger partial charge is 0.147 e. The van der Waals surface area contributed by atoms with Gasteiger partial charge in [-0.25, -0.2) is 19.3 Å². The first-order valence-electron chi connectivity index (χ1n) is 10.8. The first-order chi connectivity index (χ1) is 15.9. The van der Waals surface area contributed by atoms with Crippen LogP contribution in [0.25, 0.3) is 23.1 Å². The number of aromatic amines is 1. The van der Waals surface area contributed by atoms with Gasteiger partial charge in [-0.15, -0.1) is 0 Å². The molecule has 0 spiro atoms. The fourth-order valence-corrected chi connectivity index (χ4v) is 4.02. The van der Waals surface area contributed by atoms with Crippen molar-refractivity contribution in [3.05, 3.63) is 83.2 Å². The number of anilines is 3. The number of aromatic nitrogens is 4. The minimum absolute atomic E-state index is 0.227. The number of benzene rings is 1. The van der Waals surface area contributed by atoms with Gasteiger partial charge in [-0.2, -0.15) is 0 Å². The Labute approximate surface area is 192 Å². The van der Waals surface area contributed by atoms with Gasteiger partial charge in [0.1, 0.15) is 29.1 Å². The lowest BCUT2D eigenvalue weighted by Crippen LogP contribution is -2.09. The highest BCUT2D eigenvalue weighted by atomic mass is 19.1. The Balaban J connectivity index is 1.50. The summed E-state index contributed by atoms with van der Waals surface area (Å²) < 4.78 is 14.2. The average molecular weight is 443 g/mol. The highest BCUT2D eigenvalue weighted by Crippen LogP contribution is 2.28. The molecule has 0 amide bonds. The molecule has 0 aliphatic heterocycles. The highest BCUT2D eigenvalue weighted by Gasteiger charge is 2.14. The lowest BCUT2D eigenvalue weighted by molar-refractivity contribution is 0.637. The zero-order valence-electron chi connectivity index (χ0n) is 19.1. The molecule has 0 unspecified atom stereocenters. The molecule has 0 bridgehead atoms. The Morgan fingerprint density at radius 2 is 1.76 bits per heavy atom. The number of hydrogen-bond donors (Lipinski definition) is 3. The summed E-state index contributed by atoms with van der Waals surface area (Å²) in [4.78, 5) is 16.7. The van der Waals surface area contributed by atoms with Crippen LogP contribution in [0.5, 0.6) is 0 Å². The van der Waals surface area contributed by atoms with Gasteiger partial charge in [0.05, 0.1) is 11.2 Å². The molecule has 6 nitrogen and oxygen atoms in total. The fourth-order valence-electron chi connectivity index (χ4n) is 4.02. The van der Waals surface area contributed by atoms with E-state index in [9.17, 15) is 4.39 Å². The molecule has 3 N–H and O–H groups in total. The molecule has 0 aliphatic carbocycles. The van der Waals surface area contributed by atoms with Crippen molar-refractivity contribution in [3.8, 4) is 0 Å². The van der Waals surface area contributed by atoms with E-state index in [1.54, 1.807) is 12.2 Å². The molecule has 0 fully saturated rings. The number of nitrogens with one attached hydrogen (secondary N) is 3. The standard InChI is InChI=1S/C26H27FN6/c1-6-18-9-11-22(32-21(18)7-2)33-24-14-23(30-17(5)31-24)28-13-12-19-16(4)29-26-20(27)10-8-15(3)25(19)26/h6-11,14,29H,1-2,12-13H2,3-5H3,(H2,28,30,31,32,33). The number of hydrogen-bond acceptors (Lipinski definition) is 5. The number of nitrogens with zero attached hydrogens (tertiary/aromatic N) is 3. The fraction of sp³-hybridized carbons (Fsp3) is 0.192. The number of rotatable bonds is 8. The largest absolute Gasteiger partial charge is 0.370 e. The number of halogens is 1. The first kappa shape index (κ1) is 22.2. The zero-order chi connectivity index (χ0) is 23.5. The van der Waals surface area contributed by atoms with Gasteiger partial charge in [0.2, 0.25) is 0 Å². The molecule has 3 heterocycles. The van der Waals surface area contributed by atoms with Crippen molar-refractivity contribution in [1.82, 2.24) is 19.9 Å². The number of pyridine rings is 1. The number of H-pyrrole nitrogens is 1. The molecule has 0 aliphatic rings. The number of fused-ring (bicyclic) bond motifs is 1. The van der Waals surface area contributed by atoms with E-state index in [2.05, 4.69) is 43.7 Å². The second-order valence-electron chi connectivity index (χ2n) is 7.91. The zero-order valence-corrected chi connectivity index (χ0v) is 19.1. The van der Waals surface area contributed by atoms with Crippen LogP contribution in [-0.2, 0) is 6.42 Å².